The second-order valence-corrected chi connectivity index (χ2v) is 4.30. The van der Waals surface area contributed by atoms with Crippen LogP contribution in [0, 0.1) is 13.8 Å². The zero-order valence-electron chi connectivity index (χ0n) is 10.5. The molecule has 2 aromatic heterocycles. The van der Waals surface area contributed by atoms with E-state index in [1.807, 2.05) is 33.2 Å². The predicted octanol–water partition coefficient (Wildman–Crippen LogP) is 2.79. The molecule has 0 aromatic carbocycles. The van der Waals surface area contributed by atoms with Crippen LogP contribution in [0.1, 0.15) is 28.6 Å². The van der Waals surface area contributed by atoms with Crippen molar-refractivity contribution in [2.45, 2.75) is 26.3 Å². The second-order valence-electron chi connectivity index (χ2n) is 4.30. The fourth-order valence-electron chi connectivity index (χ4n) is 1.95. The third-order valence-corrected chi connectivity index (χ3v) is 3.01. The van der Waals surface area contributed by atoms with Crippen molar-refractivity contribution in [3.63, 3.8) is 0 Å². The van der Waals surface area contributed by atoms with E-state index in [2.05, 4.69) is 22.4 Å². The summed E-state index contributed by atoms with van der Waals surface area (Å²) in [5, 5.41) is 3.31. The number of furan rings is 1. The van der Waals surface area contributed by atoms with E-state index in [0.717, 1.165) is 17.9 Å². The number of hydrogen-bond donors (Lipinski definition) is 1. The third-order valence-electron chi connectivity index (χ3n) is 3.01. The van der Waals surface area contributed by atoms with Crippen LogP contribution in [0.4, 0.5) is 0 Å². The lowest BCUT2D eigenvalue weighted by molar-refractivity contribution is 0.510. The topological polar surface area (TPSA) is 38.1 Å². The number of nitrogens with zero attached hydrogens (tertiary/aromatic N) is 1. The Balaban J connectivity index is 2.16. The smallest absolute Gasteiger partial charge is 0.105 e. The van der Waals surface area contributed by atoms with Gasteiger partial charge in [-0.1, -0.05) is 6.07 Å². The van der Waals surface area contributed by atoms with Crippen LogP contribution in [0.5, 0.6) is 0 Å². The summed E-state index contributed by atoms with van der Waals surface area (Å²) in [6.07, 6.45) is 4.51. The third kappa shape index (κ3) is 2.74. The second kappa shape index (κ2) is 5.15. The van der Waals surface area contributed by atoms with Crippen molar-refractivity contribution in [1.82, 2.24) is 10.3 Å². The molecule has 0 fully saturated rings. The Morgan fingerprint density at radius 1 is 1.29 bits per heavy atom. The molecule has 0 bridgehead atoms. The van der Waals surface area contributed by atoms with Gasteiger partial charge in [0.15, 0.2) is 0 Å². The first kappa shape index (κ1) is 11.9. The molecule has 1 atom stereocenters. The fourth-order valence-corrected chi connectivity index (χ4v) is 1.95. The van der Waals surface area contributed by atoms with Crippen molar-refractivity contribution >= 4 is 0 Å². The van der Waals surface area contributed by atoms with Gasteiger partial charge in [0.05, 0.1) is 6.26 Å². The number of hydrogen-bond acceptors (Lipinski definition) is 3. The van der Waals surface area contributed by atoms with Crippen LogP contribution in [0.3, 0.4) is 0 Å². The number of nitrogens with one attached hydrogen (secondary N) is 1. The summed E-state index contributed by atoms with van der Waals surface area (Å²) < 4.78 is 5.34. The summed E-state index contributed by atoms with van der Waals surface area (Å²) in [5.74, 6) is 0.969. The highest BCUT2D eigenvalue weighted by Crippen LogP contribution is 2.21. The molecule has 3 heteroatoms. The minimum Gasteiger partial charge on any atom is -0.469 e. The molecule has 90 valence electrons. The van der Waals surface area contributed by atoms with E-state index in [9.17, 15) is 0 Å². The van der Waals surface area contributed by atoms with E-state index in [4.69, 9.17) is 4.42 Å². The van der Waals surface area contributed by atoms with Crippen LogP contribution in [-0.4, -0.2) is 12.0 Å². The summed E-state index contributed by atoms with van der Waals surface area (Å²) >= 11 is 0. The highest BCUT2D eigenvalue weighted by atomic mass is 16.3. The van der Waals surface area contributed by atoms with Crippen LogP contribution in [-0.2, 0) is 6.42 Å². The summed E-state index contributed by atoms with van der Waals surface area (Å²) in [5.41, 5.74) is 3.49. The monoisotopic (exact) mass is 230 g/mol. The van der Waals surface area contributed by atoms with Crippen molar-refractivity contribution < 1.29 is 4.42 Å². The SMILES string of the molecule is CNC(Cc1ccc(C)cn1)c1ccoc1C. The molecule has 2 rings (SSSR count). The number of rotatable bonds is 4. The predicted molar refractivity (Wildman–Crippen MR) is 67.9 cm³/mol. The zero-order chi connectivity index (χ0) is 12.3. The van der Waals surface area contributed by atoms with Gasteiger partial charge in [-0.25, -0.2) is 0 Å². The number of aryl methyl sites for hydroxylation is 2. The molecule has 0 aliphatic rings. The van der Waals surface area contributed by atoms with E-state index >= 15 is 0 Å². The van der Waals surface area contributed by atoms with Gasteiger partial charge in [-0.05, 0) is 38.6 Å². The highest BCUT2D eigenvalue weighted by Gasteiger charge is 2.14. The first-order chi connectivity index (χ1) is 8.20. The molecule has 0 aliphatic heterocycles. The van der Waals surface area contributed by atoms with Gasteiger partial charge in [-0.3, -0.25) is 4.98 Å². The molecule has 0 radical (unpaired) electrons. The average molecular weight is 230 g/mol. The maximum absolute atomic E-state index is 5.34. The molecule has 3 nitrogen and oxygen atoms in total. The molecule has 0 saturated carbocycles. The van der Waals surface area contributed by atoms with Crippen LogP contribution in [0.2, 0.25) is 0 Å². The molecule has 0 aliphatic carbocycles. The Morgan fingerprint density at radius 2 is 2.12 bits per heavy atom. The molecule has 0 spiro atoms. The minimum atomic E-state index is 0.254. The Hall–Kier alpha value is -1.61. The summed E-state index contributed by atoms with van der Waals surface area (Å²) in [6, 6.07) is 6.45. The molecule has 2 heterocycles. The van der Waals surface area contributed by atoms with E-state index < -0.39 is 0 Å². The lowest BCUT2D eigenvalue weighted by Gasteiger charge is -2.15. The summed E-state index contributed by atoms with van der Waals surface area (Å²) in [6.45, 7) is 4.04. The maximum atomic E-state index is 5.34. The van der Waals surface area contributed by atoms with Crippen molar-refractivity contribution in [2.75, 3.05) is 7.05 Å². The Labute approximate surface area is 102 Å². The van der Waals surface area contributed by atoms with E-state index in [1.54, 1.807) is 6.26 Å². The molecule has 1 unspecified atom stereocenters. The molecule has 0 saturated heterocycles. The van der Waals surface area contributed by atoms with Gasteiger partial charge in [0, 0.05) is 29.9 Å². The maximum Gasteiger partial charge on any atom is 0.105 e. The molecular weight excluding hydrogens is 212 g/mol. The van der Waals surface area contributed by atoms with Crippen LogP contribution in [0.25, 0.3) is 0 Å². The normalized spacial score (nSPS) is 12.6. The van der Waals surface area contributed by atoms with E-state index in [-0.39, 0.29) is 6.04 Å². The van der Waals surface area contributed by atoms with E-state index in [0.29, 0.717) is 0 Å². The lowest BCUT2D eigenvalue weighted by atomic mass is 10.0. The van der Waals surface area contributed by atoms with Gasteiger partial charge < -0.3 is 9.73 Å². The summed E-state index contributed by atoms with van der Waals surface area (Å²) in [7, 11) is 1.96. The van der Waals surface area contributed by atoms with Gasteiger partial charge in [-0.2, -0.15) is 0 Å². The standard InChI is InChI=1S/C14H18N2O/c1-10-4-5-12(16-9-10)8-14(15-3)13-6-7-17-11(13)2/h4-7,9,14-15H,8H2,1-3H3. The van der Waals surface area contributed by atoms with Gasteiger partial charge in [-0.15, -0.1) is 0 Å². The largest absolute Gasteiger partial charge is 0.469 e. The quantitative estimate of drug-likeness (QED) is 0.877. The minimum absolute atomic E-state index is 0.254. The van der Waals surface area contributed by atoms with Gasteiger partial charge in [0.1, 0.15) is 5.76 Å². The number of likely N-dealkylation sites (N-methyl/N-ethyl adjacent to an activating group) is 1. The Morgan fingerprint density at radius 3 is 2.65 bits per heavy atom. The van der Waals surface area contributed by atoms with Crippen molar-refractivity contribution in [3.8, 4) is 0 Å². The van der Waals surface area contributed by atoms with Gasteiger partial charge in [0.2, 0.25) is 0 Å². The lowest BCUT2D eigenvalue weighted by Crippen LogP contribution is -2.19. The summed E-state index contributed by atoms with van der Waals surface area (Å²) in [4.78, 5) is 4.43. The first-order valence-electron chi connectivity index (χ1n) is 5.83. The van der Waals surface area contributed by atoms with Gasteiger partial charge in [0.25, 0.3) is 0 Å². The Bertz CT molecular complexity index is 473. The molecule has 0 amide bonds. The zero-order valence-corrected chi connectivity index (χ0v) is 10.5. The van der Waals surface area contributed by atoms with Crippen LogP contribution >= 0.6 is 0 Å². The number of aromatic nitrogens is 1. The van der Waals surface area contributed by atoms with Crippen LogP contribution in [0.15, 0.2) is 35.1 Å². The first-order valence-corrected chi connectivity index (χ1v) is 5.83. The highest BCUT2D eigenvalue weighted by molar-refractivity contribution is 5.23. The van der Waals surface area contributed by atoms with Crippen LogP contribution < -0.4 is 5.32 Å². The molecule has 1 N–H and O–H groups in total. The number of pyridine rings is 1. The van der Waals surface area contributed by atoms with Crippen molar-refractivity contribution in [1.29, 1.82) is 0 Å². The van der Waals surface area contributed by atoms with Crippen molar-refractivity contribution in [3.05, 3.63) is 53.2 Å². The van der Waals surface area contributed by atoms with Gasteiger partial charge >= 0.3 is 0 Å². The molecular formula is C14H18N2O. The van der Waals surface area contributed by atoms with E-state index in [1.165, 1.54) is 11.1 Å². The fraction of sp³-hybridized carbons (Fsp3) is 0.357. The van der Waals surface area contributed by atoms with Crippen molar-refractivity contribution in [2.24, 2.45) is 0 Å². The Kier molecular flexibility index (Phi) is 3.59. The average Bonchev–Trinajstić information content (AvgIpc) is 2.75. The molecule has 2 aromatic rings. The molecule has 17 heavy (non-hydrogen) atoms.